The zero-order valence-corrected chi connectivity index (χ0v) is 45.0. The van der Waals surface area contributed by atoms with Gasteiger partial charge in [0.25, 0.3) is 0 Å². The van der Waals surface area contributed by atoms with Crippen LogP contribution in [0, 0.1) is 0 Å². The molecule has 0 bridgehead atoms. The molecule has 0 aromatic rings. The fourth-order valence-electron chi connectivity index (χ4n) is 7.79. The molecule has 1 atom stereocenters. The maximum Gasteiger partial charge on any atom is 0.306 e. The molecule has 0 aromatic heterocycles. The van der Waals surface area contributed by atoms with Gasteiger partial charge in [0.2, 0.25) is 0 Å². The smallest absolute Gasteiger partial charge is 0.306 e. The monoisotopic (exact) mass is 959 g/mol. The molecule has 0 amide bonds. The SMILES string of the molecule is CC/C=C\C/C=C\C/C=C\C/C=C\C/C=C\C/C=C\CCC(=O)OC[C@H](COC(=O)CCCCCCCCCCCCCCC)OC(=O)CCCCCCCCCCC/C=C\C/C=C\CCCCC. The molecule has 0 fully saturated rings. The summed E-state index contributed by atoms with van der Waals surface area (Å²) in [4.78, 5) is 38.1. The van der Waals surface area contributed by atoms with Crippen molar-refractivity contribution in [3.63, 3.8) is 0 Å². The van der Waals surface area contributed by atoms with Gasteiger partial charge in [-0.05, 0) is 89.9 Å². The second kappa shape index (κ2) is 56.9. The standard InChI is InChI=1S/C63H106O6/c1-4-7-10-13-16-19-22-25-27-29-31-33-35-38-41-44-47-50-53-56-62(65)68-59-60(58-67-61(64)55-52-49-46-43-40-37-24-21-18-15-12-9-6-3)69-63(66)57-54-51-48-45-42-39-36-34-32-30-28-26-23-20-17-14-11-8-5-2/h7,10,16-17,19-20,25-28,31,33,38,41,47,50,60H,4-6,8-9,11-15,18,21-24,29-30,32,34-37,39-40,42-46,48-49,51-59H2,1-3H3/b10-7-,19-16-,20-17-,27-25-,28-26-,33-31-,41-38-,50-47-/t60-/m0/s1. The van der Waals surface area contributed by atoms with E-state index in [1.807, 2.05) is 6.08 Å². The highest BCUT2D eigenvalue weighted by Crippen LogP contribution is 2.15. The summed E-state index contributed by atoms with van der Waals surface area (Å²) in [5.41, 5.74) is 0. The Bertz CT molecular complexity index is 1380. The summed E-state index contributed by atoms with van der Waals surface area (Å²) in [5.74, 6) is -0.989. The Morgan fingerprint density at radius 1 is 0.304 bits per heavy atom. The van der Waals surface area contributed by atoms with E-state index in [4.69, 9.17) is 14.2 Å². The van der Waals surface area contributed by atoms with Crippen molar-refractivity contribution in [2.75, 3.05) is 13.2 Å². The van der Waals surface area contributed by atoms with Crippen LogP contribution < -0.4 is 0 Å². The van der Waals surface area contributed by atoms with Crippen molar-refractivity contribution in [2.24, 2.45) is 0 Å². The molecule has 0 rings (SSSR count). The number of rotatable bonds is 51. The number of esters is 3. The molecule has 0 aliphatic rings. The lowest BCUT2D eigenvalue weighted by molar-refractivity contribution is -0.166. The Morgan fingerprint density at radius 3 is 1.00 bits per heavy atom. The molecule has 0 saturated heterocycles. The van der Waals surface area contributed by atoms with E-state index in [0.717, 1.165) is 83.5 Å². The number of unbranched alkanes of at least 4 members (excludes halogenated alkanes) is 24. The highest BCUT2D eigenvalue weighted by atomic mass is 16.6. The molecule has 6 heteroatoms. The van der Waals surface area contributed by atoms with Crippen LogP contribution in [0.2, 0.25) is 0 Å². The van der Waals surface area contributed by atoms with Gasteiger partial charge in [-0.2, -0.15) is 0 Å². The van der Waals surface area contributed by atoms with Crippen LogP contribution in [0.4, 0.5) is 0 Å². The van der Waals surface area contributed by atoms with E-state index in [-0.39, 0.29) is 37.5 Å². The summed E-state index contributed by atoms with van der Waals surface area (Å²) in [6.45, 7) is 6.44. The van der Waals surface area contributed by atoms with Crippen LogP contribution >= 0.6 is 0 Å². The molecule has 0 spiro atoms. The Kier molecular flexibility index (Phi) is 53.9. The minimum atomic E-state index is -0.810. The van der Waals surface area contributed by atoms with E-state index >= 15 is 0 Å². The third-order valence-electron chi connectivity index (χ3n) is 12.1. The minimum absolute atomic E-state index is 0.101. The molecule has 394 valence electrons. The fourth-order valence-corrected chi connectivity index (χ4v) is 7.79. The van der Waals surface area contributed by atoms with Crippen LogP contribution in [0.3, 0.4) is 0 Å². The highest BCUT2D eigenvalue weighted by molar-refractivity contribution is 5.71. The van der Waals surface area contributed by atoms with Crippen molar-refractivity contribution in [1.82, 2.24) is 0 Å². The first kappa shape index (κ1) is 65.3. The molecule has 0 aliphatic carbocycles. The van der Waals surface area contributed by atoms with Crippen LogP contribution in [0.25, 0.3) is 0 Å². The molecular formula is C63H106O6. The number of hydrogen-bond donors (Lipinski definition) is 0. The normalized spacial score (nSPS) is 12.8. The average Bonchev–Trinajstić information content (AvgIpc) is 3.35. The predicted molar refractivity (Wildman–Crippen MR) is 297 cm³/mol. The molecule has 0 radical (unpaired) electrons. The molecule has 0 aromatic carbocycles. The average molecular weight is 960 g/mol. The quantitative estimate of drug-likeness (QED) is 0.0262. The summed E-state index contributed by atoms with van der Waals surface area (Å²) < 4.78 is 16.8. The second-order valence-corrected chi connectivity index (χ2v) is 18.8. The number of hydrogen-bond acceptors (Lipinski definition) is 6. The molecule has 69 heavy (non-hydrogen) atoms. The van der Waals surface area contributed by atoms with Crippen LogP contribution in [-0.4, -0.2) is 37.2 Å². The van der Waals surface area contributed by atoms with Gasteiger partial charge in [-0.3, -0.25) is 14.4 Å². The van der Waals surface area contributed by atoms with Crippen LogP contribution in [0.1, 0.15) is 265 Å². The lowest BCUT2D eigenvalue weighted by Gasteiger charge is -2.18. The van der Waals surface area contributed by atoms with Crippen molar-refractivity contribution in [1.29, 1.82) is 0 Å². The van der Waals surface area contributed by atoms with Crippen LogP contribution in [0.5, 0.6) is 0 Å². The van der Waals surface area contributed by atoms with E-state index in [1.165, 1.54) is 135 Å². The van der Waals surface area contributed by atoms with Crippen molar-refractivity contribution >= 4 is 17.9 Å². The van der Waals surface area contributed by atoms with E-state index in [2.05, 4.69) is 112 Å². The van der Waals surface area contributed by atoms with E-state index < -0.39 is 6.10 Å². The maximum absolute atomic E-state index is 12.9. The first-order valence-corrected chi connectivity index (χ1v) is 28.7. The molecule has 6 nitrogen and oxygen atoms in total. The fraction of sp³-hybridized carbons (Fsp3) is 0.698. The zero-order valence-electron chi connectivity index (χ0n) is 45.0. The first-order valence-electron chi connectivity index (χ1n) is 28.7. The van der Waals surface area contributed by atoms with Gasteiger partial charge in [-0.1, -0.05) is 253 Å². The van der Waals surface area contributed by atoms with Crippen LogP contribution in [-0.2, 0) is 28.6 Å². The minimum Gasteiger partial charge on any atom is -0.462 e. The van der Waals surface area contributed by atoms with Crippen molar-refractivity contribution < 1.29 is 28.6 Å². The first-order chi connectivity index (χ1) is 34.0. The van der Waals surface area contributed by atoms with Gasteiger partial charge in [0.15, 0.2) is 6.10 Å². The van der Waals surface area contributed by atoms with Gasteiger partial charge in [0, 0.05) is 19.3 Å². The number of carbonyl (C=O) groups is 3. The highest BCUT2D eigenvalue weighted by Gasteiger charge is 2.19. The van der Waals surface area contributed by atoms with E-state index in [9.17, 15) is 14.4 Å². The zero-order chi connectivity index (χ0) is 50.0. The van der Waals surface area contributed by atoms with Crippen molar-refractivity contribution in [3.05, 3.63) is 97.2 Å². The lowest BCUT2D eigenvalue weighted by atomic mass is 10.0. The van der Waals surface area contributed by atoms with Gasteiger partial charge in [-0.15, -0.1) is 0 Å². The van der Waals surface area contributed by atoms with E-state index in [0.29, 0.717) is 19.3 Å². The second-order valence-electron chi connectivity index (χ2n) is 18.8. The van der Waals surface area contributed by atoms with Crippen molar-refractivity contribution in [3.8, 4) is 0 Å². The molecule has 0 heterocycles. The molecule has 0 aliphatic heterocycles. The van der Waals surface area contributed by atoms with E-state index in [1.54, 1.807) is 0 Å². The maximum atomic E-state index is 12.9. The lowest BCUT2D eigenvalue weighted by Crippen LogP contribution is -2.30. The number of carbonyl (C=O) groups excluding carboxylic acids is 3. The Labute approximate surface area is 426 Å². The summed E-state index contributed by atoms with van der Waals surface area (Å²) in [7, 11) is 0. The molecule has 0 unspecified atom stereocenters. The topological polar surface area (TPSA) is 78.9 Å². The Balaban J connectivity index is 4.48. The largest absolute Gasteiger partial charge is 0.462 e. The predicted octanol–water partition coefficient (Wildman–Crippen LogP) is 19.3. The number of allylic oxidation sites excluding steroid dienone is 16. The summed E-state index contributed by atoms with van der Waals surface area (Å²) >= 11 is 0. The van der Waals surface area contributed by atoms with Gasteiger partial charge < -0.3 is 14.2 Å². The third kappa shape index (κ3) is 55.1. The van der Waals surface area contributed by atoms with Crippen LogP contribution in [0.15, 0.2) is 97.2 Å². The number of ether oxygens (including phenoxy) is 3. The third-order valence-corrected chi connectivity index (χ3v) is 12.1. The Morgan fingerprint density at radius 2 is 0.594 bits per heavy atom. The van der Waals surface area contributed by atoms with Gasteiger partial charge >= 0.3 is 17.9 Å². The summed E-state index contributed by atoms with van der Waals surface area (Å²) in [6.07, 6.45) is 75.5. The molecular weight excluding hydrogens is 853 g/mol. The Hall–Kier alpha value is -3.67. The molecule has 0 N–H and O–H groups in total. The van der Waals surface area contributed by atoms with Crippen molar-refractivity contribution in [2.45, 2.75) is 271 Å². The summed E-state index contributed by atoms with van der Waals surface area (Å²) in [5, 5.41) is 0. The van der Waals surface area contributed by atoms with Gasteiger partial charge in [0.1, 0.15) is 13.2 Å². The molecule has 0 saturated carbocycles. The van der Waals surface area contributed by atoms with Gasteiger partial charge in [0.05, 0.1) is 0 Å². The van der Waals surface area contributed by atoms with Gasteiger partial charge in [-0.25, -0.2) is 0 Å². The summed E-state index contributed by atoms with van der Waals surface area (Å²) in [6, 6.07) is 0.